The fourth-order valence-electron chi connectivity index (χ4n) is 9.09. The summed E-state index contributed by atoms with van der Waals surface area (Å²) < 4.78 is 4.89. The first kappa shape index (κ1) is 32.4. The topological polar surface area (TPSA) is 35.6 Å². The molecule has 0 atom stereocenters. The van der Waals surface area contributed by atoms with Gasteiger partial charge in [-0.3, -0.25) is 0 Å². The van der Waals surface area contributed by atoms with Crippen molar-refractivity contribution in [2.45, 2.75) is 0 Å². The quantitative estimate of drug-likeness (QED) is 0.176. The van der Waals surface area contributed by atoms with Crippen molar-refractivity contribution in [3.8, 4) is 45.1 Å². The molecule has 0 saturated heterocycles. The Morgan fingerprint density at radius 3 is 1.72 bits per heavy atom. The van der Waals surface area contributed by atoms with E-state index in [1.54, 1.807) is 0 Å². The van der Waals surface area contributed by atoms with Gasteiger partial charge in [-0.05, 0) is 83.1 Å². The minimum Gasteiger partial charge on any atom is -0.309 e. The van der Waals surface area contributed by atoms with E-state index >= 15 is 0 Å². The molecule has 0 aliphatic carbocycles. The van der Waals surface area contributed by atoms with Gasteiger partial charge in [0.05, 0.1) is 33.3 Å². The van der Waals surface area contributed by atoms with Crippen LogP contribution in [0.25, 0.3) is 110 Å². The van der Waals surface area contributed by atoms with Crippen LogP contribution in [0.2, 0.25) is 0 Å². The summed E-state index contributed by atoms with van der Waals surface area (Å²) in [7, 11) is 0. The van der Waals surface area contributed by atoms with Crippen LogP contribution in [-0.4, -0.2) is 19.1 Å². The molecule has 9 aromatic carbocycles. The number of benzene rings is 9. The highest BCUT2D eigenvalue weighted by atomic mass is 15.0. The zero-order chi connectivity index (χ0) is 38.2. The molecule has 0 radical (unpaired) electrons. The monoisotopic (exact) mass is 738 g/mol. The predicted molar refractivity (Wildman–Crippen MR) is 242 cm³/mol. The fraction of sp³-hybridized carbons (Fsp3) is 0. The number of rotatable bonds is 5. The summed E-state index contributed by atoms with van der Waals surface area (Å²) in [5.41, 5.74) is 13.2. The Bertz CT molecular complexity index is 3530. The van der Waals surface area contributed by atoms with Crippen LogP contribution in [0.5, 0.6) is 0 Å². The van der Waals surface area contributed by atoms with E-state index < -0.39 is 0 Å². The minimum absolute atomic E-state index is 0.710. The standard InChI is InChI=1S/C54H34N4/c1-4-16-35(17-5-1)44-32-38-20-10-11-23-41(38)51-46-33-45-42-24-13-15-27-48(42)57(49(45)34-50(46)58(53(44)51)39-21-8-3-9-22-39)40-30-28-37(29-31-40)54-55-47-26-14-12-25-43(47)52(56-54)36-18-6-2-7-19-36/h1-34H. The maximum absolute atomic E-state index is 5.16. The molecule has 3 aromatic heterocycles. The van der Waals surface area contributed by atoms with Crippen molar-refractivity contribution < 1.29 is 0 Å². The van der Waals surface area contributed by atoms with E-state index in [4.69, 9.17) is 9.97 Å². The predicted octanol–water partition coefficient (Wildman–Crippen LogP) is 14.0. The molecule has 0 amide bonds. The summed E-state index contributed by atoms with van der Waals surface area (Å²) >= 11 is 0. The Morgan fingerprint density at radius 2 is 0.948 bits per heavy atom. The number of para-hydroxylation sites is 3. The molecule has 0 unspecified atom stereocenters. The summed E-state index contributed by atoms with van der Waals surface area (Å²) in [6, 6.07) is 73.8. The summed E-state index contributed by atoms with van der Waals surface area (Å²) in [6.07, 6.45) is 0. The second kappa shape index (κ2) is 12.9. The van der Waals surface area contributed by atoms with Gasteiger partial charge in [-0.2, -0.15) is 0 Å². The minimum atomic E-state index is 0.710. The summed E-state index contributed by atoms with van der Waals surface area (Å²) in [5.74, 6) is 0.710. The molecule has 270 valence electrons. The Balaban J connectivity index is 1.12. The van der Waals surface area contributed by atoms with Crippen LogP contribution >= 0.6 is 0 Å². The lowest BCUT2D eigenvalue weighted by Gasteiger charge is -2.14. The van der Waals surface area contributed by atoms with E-state index in [0.29, 0.717) is 5.82 Å². The van der Waals surface area contributed by atoms with E-state index in [1.807, 2.05) is 12.1 Å². The van der Waals surface area contributed by atoms with Gasteiger partial charge >= 0.3 is 0 Å². The van der Waals surface area contributed by atoms with Crippen molar-refractivity contribution in [2.24, 2.45) is 0 Å². The second-order valence-corrected chi connectivity index (χ2v) is 15.0. The number of hydrogen-bond acceptors (Lipinski definition) is 2. The van der Waals surface area contributed by atoms with Crippen LogP contribution in [0, 0.1) is 0 Å². The Hall–Kier alpha value is -7.82. The van der Waals surface area contributed by atoms with E-state index in [2.05, 4.69) is 203 Å². The van der Waals surface area contributed by atoms with Crippen molar-refractivity contribution in [1.82, 2.24) is 19.1 Å². The molecular weight excluding hydrogens is 705 g/mol. The Morgan fingerprint density at radius 1 is 0.345 bits per heavy atom. The third kappa shape index (κ3) is 4.95. The van der Waals surface area contributed by atoms with Gasteiger partial charge in [0.1, 0.15) is 0 Å². The first-order valence-electron chi connectivity index (χ1n) is 19.8. The van der Waals surface area contributed by atoms with Gasteiger partial charge in [-0.15, -0.1) is 0 Å². The molecule has 0 fully saturated rings. The third-order valence-corrected chi connectivity index (χ3v) is 11.7. The average molecular weight is 739 g/mol. The Labute approximate surface area is 334 Å². The second-order valence-electron chi connectivity index (χ2n) is 15.0. The van der Waals surface area contributed by atoms with Crippen LogP contribution in [0.4, 0.5) is 0 Å². The highest BCUT2D eigenvalue weighted by molar-refractivity contribution is 6.28. The molecule has 0 saturated carbocycles. The van der Waals surface area contributed by atoms with Crippen molar-refractivity contribution in [1.29, 1.82) is 0 Å². The largest absolute Gasteiger partial charge is 0.309 e. The average Bonchev–Trinajstić information content (AvgIpc) is 3.81. The molecule has 4 heteroatoms. The maximum atomic E-state index is 5.16. The van der Waals surface area contributed by atoms with E-state index in [1.165, 1.54) is 54.5 Å². The summed E-state index contributed by atoms with van der Waals surface area (Å²) in [6.45, 7) is 0. The van der Waals surface area contributed by atoms with Crippen LogP contribution in [0.15, 0.2) is 206 Å². The van der Waals surface area contributed by atoms with Crippen molar-refractivity contribution in [3.05, 3.63) is 206 Å². The van der Waals surface area contributed by atoms with Crippen molar-refractivity contribution in [3.63, 3.8) is 0 Å². The Kier molecular flexibility index (Phi) is 7.20. The van der Waals surface area contributed by atoms with E-state index in [-0.39, 0.29) is 0 Å². The van der Waals surface area contributed by atoms with Crippen molar-refractivity contribution >= 4 is 65.3 Å². The number of nitrogens with zero attached hydrogens (tertiary/aromatic N) is 4. The fourth-order valence-corrected chi connectivity index (χ4v) is 9.09. The molecule has 0 aliphatic rings. The molecule has 3 heterocycles. The van der Waals surface area contributed by atoms with Gasteiger partial charge in [0.25, 0.3) is 0 Å². The van der Waals surface area contributed by atoms with Crippen LogP contribution in [0.3, 0.4) is 0 Å². The van der Waals surface area contributed by atoms with E-state index in [9.17, 15) is 0 Å². The lowest BCUT2D eigenvalue weighted by atomic mass is 9.96. The maximum Gasteiger partial charge on any atom is 0.160 e. The summed E-state index contributed by atoms with van der Waals surface area (Å²) in [5, 5.41) is 8.47. The molecule has 12 rings (SSSR count). The van der Waals surface area contributed by atoms with Crippen LogP contribution in [0.1, 0.15) is 0 Å². The van der Waals surface area contributed by atoms with Gasteiger partial charge in [-0.1, -0.05) is 140 Å². The highest BCUT2D eigenvalue weighted by Crippen LogP contribution is 2.45. The van der Waals surface area contributed by atoms with Gasteiger partial charge in [0, 0.05) is 55.0 Å². The van der Waals surface area contributed by atoms with E-state index in [0.717, 1.165) is 50.1 Å². The summed E-state index contributed by atoms with van der Waals surface area (Å²) in [4.78, 5) is 10.2. The van der Waals surface area contributed by atoms with Crippen molar-refractivity contribution in [2.75, 3.05) is 0 Å². The highest BCUT2D eigenvalue weighted by Gasteiger charge is 2.23. The molecule has 0 spiro atoms. The normalized spacial score (nSPS) is 11.8. The van der Waals surface area contributed by atoms with Crippen LogP contribution in [-0.2, 0) is 0 Å². The zero-order valence-electron chi connectivity index (χ0n) is 31.4. The molecule has 4 nitrogen and oxygen atoms in total. The number of fused-ring (bicyclic) bond motifs is 9. The number of aromatic nitrogens is 4. The van der Waals surface area contributed by atoms with Crippen LogP contribution < -0.4 is 0 Å². The molecule has 0 aliphatic heterocycles. The lowest BCUT2D eigenvalue weighted by molar-refractivity contribution is 1.16. The smallest absolute Gasteiger partial charge is 0.160 e. The van der Waals surface area contributed by atoms with Gasteiger partial charge in [0.2, 0.25) is 0 Å². The molecule has 58 heavy (non-hydrogen) atoms. The first-order chi connectivity index (χ1) is 28.8. The van der Waals surface area contributed by atoms with Gasteiger partial charge < -0.3 is 9.13 Å². The molecule has 0 N–H and O–H groups in total. The first-order valence-corrected chi connectivity index (χ1v) is 19.8. The molecule has 0 bridgehead atoms. The number of hydrogen-bond donors (Lipinski definition) is 0. The van der Waals surface area contributed by atoms with Gasteiger partial charge in [0.15, 0.2) is 5.82 Å². The molecular formula is C54H34N4. The molecule has 12 aromatic rings. The lowest BCUT2D eigenvalue weighted by Crippen LogP contribution is -1.98. The third-order valence-electron chi connectivity index (χ3n) is 11.7. The zero-order valence-corrected chi connectivity index (χ0v) is 31.4. The SMILES string of the molecule is c1ccc(-c2nc(-c3ccc(-n4c5ccccc5c5cc6c7c8ccccc8cc(-c8ccccc8)c7n(-c7ccccc7)c6cc54)cc3)nc3ccccc23)cc1. The van der Waals surface area contributed by atoms with Gasteiger partial charge in [-0.25, -0.2) is 9.97 Å².